The van der Waals surface area contributed by atoms with Crippen molar-refractivity contribution in [2.45, 2.75) is 57.8 Å². The minimum atomic E-state index is -1.51. The number of hydrogen-bond acceptors (Lipinski definition) is 8. The maximum atomic E-state index is 11.8. The summed E-state index contributed by atoms with van der Waals surface area (Å²) < 4.78 is 28.2. The van der Waals surface area contributed by atoms with Gasteiger partial charge in [-0.05, 0) is 11.1 Å². The van der Waals surface area contributed by atoms with Crippen molar-refractivity contribution in [3.8, 4) is 0 Å². The first-order valence-electron chi connectivity index (χ1n) is 10.4. The van der Waals surface area contributed by atoms with Crippen LogP contribution in [0.1, 0.15) is 25.0 Å². The number of hydrogen-bond donors (Lipinski definition) is 1. The van der Waals surface area contributed by atoms with Gasteiger partial charge in [0.15, 0.2) is 18.5 Å². The first kappa shape index (κ1) is 23.9. The SMILES string of the molecule is CC(=O)O[C@@H]1[C@@H](OC(C)=O)[C@@H](O)O[C@H](COCc2ccccc2)[C@H]1OCc1ccccc1. The van der Waals surface area contributed by atoms with Gasteiger partial charge >= 0.3 is 11.9 Å². The zero-order chi connectivity index (χ0) is 22.9. The molecule has 1 saturated heterocycles. The summed E-state index contributed by atoms with van der Waals surface area (Å²) in [5.41, 5.74) is 1.87. The highest BCUT2D eigenvalue weighted by atomic mass is 16.7. The van der Waals surface area contributed by atoms with Crippen molar-refractivity contribution in [3.05, 3.63) is 71.8 Å². The third-order valence-corrected chi connectivity index (χ3v) is 4.89. The Morgan fingerprint density at radius 1 is 0.812 bits per heavy atom. The van der Waals surface area contributed by atoms with E-state index in [9.17, 15) is 14.7 Å². The van der Waals surface area contributed by atoms with Gasteiger partial charge in [0.05, 0.1) is 19.8 Å². The molecule has 0 unspecified atom stereocenters. The molecule has 0 amide bonds. The normalized spacial score (nSPS) is 25.2. The molecule has 3 rings (SSSR count). The van der Waals surface area contributed by atoms with Gasteiger partial charge in [-0.3, -0.25) is 9.59 Å². The van der Waals surface area contributed by atoms with E-state index in [2.05, 4.69) is 0 Å². The van der Waals surface area contributed by atoms with Crippen LogP contribution in [0.5, 0.6) is 0 Å². The Kier molecular flexibility index (Phi) is 8.75. The number of rotatable bonds is 9. The maximum Gasteiger partial charge on any atom is 0.303 e. The fourth-order valence-electron chi connectivity index (χ4n) is 3.51. The summed E-state index contributed by atoms with van der Waals surface area (Å²) in [7, 11) is 0. The van der Waals surface area contributed by atoms with E-state index in [1.807, 2.05) is 60.7 Å². The van der Waals surface area contributed by atoms with Crippen molar-refractivity contribution in [2.24, 2.45) is 0 Å². The van der Waals surface area contributed by atoms with Crippen LogP contribution < -0.4 is 0 Å². The van der Waals surface area contributed by atoms with E-state index in [1.54, 1.807) is 0 Å². The molecule has 0 saturated carbocycles. The lowest BCUT2D eigenvalue weighted by atomic mass is 9.98. The summed E-state index contributed by atoms with van der Waals surface area (Å²) in [4.78, 5) is 23.4. The Labute approximate surface area is 187 Å². The van der Waals surface area contributed by atoms with E-state index in [-0.39, 0.29) is 13.2 Å². The van der Waals surface area contributed by atoms with Gasteiger partial charge in [-0.15, -0.1) is 0 Å². The smallest absolute Gasteiger partial charge is 0.303 e. The first-order valence-corrected chi connectivity index (χ1v) is 10.4. The number of ether oxygens (including phenoxy) is 5. The number of aliphatic hydroxyl groups is 1. The van der Waals surface area contributed by atoms with Gasteiger partial charge in [0.2, 0.25) is 0 Å². The summed E-state index contributed by atoms with van der Waals surface area (Å²) in [5, 5.41) is 10.5. The molecule has 0 radical (unpaired) electrons. The number of aliphatic hydroxyl groups excluding tert-OH is 1. The topological polar surface area (TPSA) is 101 Å². The second-order valence-electron chi connectivity index (χ2n) is 7.48. The van der Waals surface area contributed by atoms with E-state index >= 15 is 0 Å². The Morgan fingerprint density at radius 2 is 1.34 bits per heavy atom. The fourth-order valence-corrected chi connectivity index (χ4v) is 3.51. The molecule has 1 aliphatic rings. The Bertz CT molecular complexity index is 857. The lowest BCUT2D eigenvalue weighted by Crippen LogP contribution is -2.61. The predicted molar refractivity (Wildman–Crippen MR) is 113 cm³/mol. The molecule has 1 N–H and O–H groups in total. The molecule has 0 spiro atoms. The molecular formula is C24H28O8. The van der Waals surface area contributed by atoms with Crippen molar-refractivity contribution in [3.63, 3.8) is 0 Å². The van der Waals surface area contributed by atoms with Crippen LogP contribution in [-0.4, -0.2) is 54.4 Å². The lowest BCUT2D eigenvalue weighted by molar-refractivity contribution is -0.303. The average Bonchev–Trinajstić information content (AvgIpc) is 2.77. The second-order valence-corrected chi connectivity index (χ2v) is 7.48. The Morgan fingerprint density at radius 3 is 1.91 bits per heavy atom. The summed E-state index contributed by atoms with van der Waals surface area (Å²) in [6.07, 6.45) is -5.43. The van der Waals surface area contributed by atoms with Crippen LogP contribution in [0, 0.1) is 0 Å². The second kappa shape index (κ2) is 11.7. The van der Waals surface area contributed by atoms with Crippen molar-refractivity contribution in [2.75, 3.05) is 6.61 Å². The highest BCUT2D eigenvalue weighted by molar-refractivity contribution is 5.67. The van der Waals surface area contributed by atoms with Gasteiger partial charge in [0.25, 0.3) is 0 Å². The summed E-state index contributed by atoms with van der Waals surface area (Å²) in [5.74, 6) is -1.24. The van der Waals surface area contributed by atoms with Crippen molar-refractivity contribution < 1.29 is 38.4 Å². The molecule has 1 fully saturated rings. The van der Waals surface area contributed by atoms with Crippen LogP contribution in [0.3, 0.4) is 0 Å². The molecule has 1 aliphatic heterocycles. The van der Waals surface area contributed by atoms with E-state index in [1.165, 1.54) is 13.8 Å². The lowest BCUT2D eigenvalue weighted by Gasteiger charge is -2.43. The van der Waals surface area contributed by atoms with Crippen LogP contribution in [-0.2, 0) is 46.5 Å². The predicted octanol–water partition coefficient (Wildman–Crippen LogP) is 2.37. The maximum absolute atomic E-state index is 11.8. The van der Waals surface area contributed by atoms with Gasteiger partial charge in [0.1, 0.15) is 12.2 Å². The molecule has 0 aromatic heterocycles. The number of esters is 2. The standard InChI is InChI=1S/C24H28O8/c1-16(25)30-22-21(29-14-19-11-7-4-8-12-19)20(32-24(27)23(22)31-17(2)26)15-28-13-18-9-5-3-6-10-18/h3-12,20-24,27H,13-15H2,1-2H3/t20-,21-,22+,23-,24+/m1/s1. The van der Waals surface area contributed by atoms with Crippen LogP contribution in [0.4, 0.5) is 0 Å². The largest absolute Gasteiger partial charge is 0.455 e. The zero-order valence-electron chi connectivity index (χ0n) is 18.1. The third kappa shape index (κ3) is 6.86. The molecule has 172 valence electrons. The zero-order valence-corrected chi connectivity index (χ0v) is 18.1. The number of carbonyl (C=O) groups excluding carboxylic acids is 2. The molecule has 2 aromatic carbocycles. The summed E-state index contributed by atoms with van der Waals surface area (Å²) in [6.45, 7) is 3.03. The quantitative estimate of drug-likeness (QED) is 0.589. The highest BCUT2D eigenvalue weighted by Crippen LogP contribution is 2.29. The number of carbonyl (C=O) groups is 2. The molecule has 32 heavy (non-hydrogen) atoms. The fraction of sp³-hybridized carbons (Fsp3) is 0.417. The molecule has 0 bridgehead atoms. The van der Waals surface area contributed by atoms with E-state index in [4.69, 9.17) is 23.7 Å². The first-order chi connectivity index (χ1) is 15.4. The van der Waals surface area contributed by atoms with Gasteiger partial charge < -0.3 is 28.8 Å². The van der Waals surface area contributed by atoms with E-state index < -0.39 is 42.6 Å². The van der Waals surface area contributed by atoms with Crippen LogP contribution in [0.15, 0.2) is 60.7 Å². The van der Waals surface area contributed by atoms with Crippen LogP contribution in [0.2, 0.25) is 0 Å². The molecular weight excluding hydrogens is 416 g/mol. The van der Waals surface area contributed by atoms with Crippen LogP contribution >= 0.6 is 0 Å². The minimum Gasteiger partial charge on any atom is -0.455 e. The molecule has 8 nitrogen and oxygen atoms in total. The van der Waals surface area contributed by atoms with Crippen molar-refractivity contribution in [1.29, 1.82) is 0 Å². The van der Waals surface area contributed by atoms with Gasteiger partial charge in [-0.1, -0.05) is 60.7 Å². The molecule has 2 aromatic rings. The van der Waals surface area contributed by atoms with Crippen LogP contribution in [0.25, 0.3) is 0 Å². The van der Waals surface area contributed by atoms with Crippen molar-refractivity contribution >= 4 is 11.9 Å². The van der Waals surface area contributed by atoms with E-state index in [0.717, 1.165) is 11.1 Å². The number of benzene rings is 2. The highest BCUT2D eigenvalue weighted by Gasteiger charge is 2.50. The molecule has 0 aliphatic carbocycles. The van der Waals surface area contributed by atoms with Gasteiger partial charge in [-0.2, -0.15) is 0 Å². The van der Waals surface area contributed by atoms with Crippen molar-refractivity contribution in [1.82, 2.24) is 0 Å². The third-order valence-electron chi connectivity index (χ3n) is 4.89. The minimum absolute atomic E-state index is 0.0654. The monoisotopic (exact) mass is 444 g/mol. The van der Waals surface area contributed by atoms with E-state index in [0.29, 0.717) is 6.61 Å². The van der Waals surface area contributed by atoms with Gasteiger partial charge in [-0.25, -0.2) is 0 Å². The summed E-state index contributed by atoms with van der Waals surface area (Å²) >= 11 is 0. The average molecular weight is 444 g/mol. The molecule has 1 heterocycles. The molecule has 8 heteroatoms. The molecule has 5 atom stereocenters. The summed E-state index contributed by atoms with van der Waals surface area (Å²) in [6, 6.07) is 19.0. The Hall–Kier alpha value is -2.78. The van der Waals surface area contributed by atoms with Gasteiger partial charge in [0, 0.05) is 13.8 Å². The Balaban J connectivity index is 1.77.